The van der Waals surface area contributed by atoms with Crippen molar-refractivity contribution in [3.05, 3.63) is 53.2 Å². The Bertz CT molecular complexity index is 1040. The van der Waals surface area contributed by atoms with E-state index in [1.165, 1.54) is 24.5 Å². The molecule has 10 heteroatoms. The number of hydrogen-bond acceptors (Lipinski definition) is 9. The summed E-state index contributed by atoms with van der Waals surface area (Å²) in [5, 5.41) is 9.80. The fourth-order valence-corrected chi connectivity index (χ4v) is 3.03. The summed E-state index contributed by atoms with van der Waals surface area (Å²) in [6.07, 6.45) is 2.12. The van der Waals surface area contributed by atoms with Gasteiger partial charge in [-0.15, -0.1) is 21.5 Å². The van der Waals surface area contributed by atoms with Gasteiger partial charge >= 0.3 is 5.97 Å². The first-order valence-corrected chi connectivity index (χ1v) is 9.69. The van der Waals surface area contributed by atoms with Gasteiger partial charge in [-0.3, -0.25) is 4.79 Å². The minimum Gasteiger partial charge on any atom is -0.493 e. The van der Waals surface area contributed by atoms with Gasteiger partial charge in [0.1, 0.15) is 0 Å². The van der Waals surface area contributed by atoms with E-state index in [1.54, 1.807) is 31.2 Å². The fourth-order valence-electron chi connectivity index (χ4n) is 2.38. The largest absolute Gasteiger partial charge is 0.493 e. The Hall–Kier alpha value is -3.66. The van der Waals surface area contributed by atoms with E-state index in [4.69, 9.17) is 24.4 Å². The average Bonchev–Trinajstić information content (AvgIpc) is 3.42. The third kappa shape index (κ3) is 5.45. The van der Waals surface area contributed by atoms with Crippen LogP contribution in [0.15, 0.2) is 46.2 Å². The molecule has 156 valence electrons. The van der Waals surface area contributed by atoms with E-state index in [0.29, 0.717) is 23.0 Å². The fraction of sp³-hybridized carbons (Fsp3) is 0.200. The summed E-state index contributed by atoms with van der Waals surface area (Å²) in [4.78, 5) is 23.8. The molecule has 1 unspecified atom stereocenters. The van der Waals surface area contributed by atoms with Gasteiger partial charge in [-0.2, -0.15) is 0 Å². The molecular weight excluding hydrogens is 410 g/mol. The molecule has 1 amide bonds. The summed E-state index contributed by atoms with van der Waals surface area (Å²) in [5.41, 5.74) is 5.74. The molecule has 0 saturated carbocycles. The van der Waals surface area contributed by atoms with Crippen molar-refractivity contribution < 1.29 is 28.2 Å². The molecule has 1 aromatic carbocycles. The molecule has 0 spiro atoms. The first-order chi connectivity index (χ1) is 14.5. The highest BCUT2D eigenvalue weighted by Gasteiger charge is 2.18. The van der Waals surface area contributed by atoms with E-state index in [1.807, 2.05) is 17.5 Å². The number of rotatable bonds is 9. The number of nitrogens with two attached hydrogens (primary N) is 1. The van der Waals surface area contributed by atoms with Crippen LogP contribution in [0.1, 0.15) is 24.5 Å². The van der Waals surface area contributed by atoms with Gasteiger partial charge in [-0.1, -0.05) is 12.1 Å². The van der Waals surface area contributed by atoms with E-state index in [2.05, 4.69) is 10.2 Å². The van der Waals surface area contributed by atoms with Gasteiger partial charge in [-0.25, -0.2) is 4.79 Å². The Morgan fingerprint density at radius 1 is 1.27 bits per heavy atom. The third-order valence-corrected chi connectivity index (χ3v) is 4.64. The third-order valence-electron chi connectivity index (χ3n) is 3.78. The molecule has 2 aromatic heterocycles. The zero-order valence-electron chi connectivity index (χ0n) is 16.2. The monoisotopic (exact) mass is 429 g/mol. The van der Waals surface area contributed by atoms with Crippen LogP contribution in [0.3, 0.4) is 0 Å². The van der Waals surface area contributed by atoms with Crippen LogP contribution in [-0.4, -0.2) is 35.8 Å². The molecule has 2 heterocycles. The Balaban J connectivity index is 1.60. The van der Waals surface area contributed by atoms with E-state index in [0.717, 1.165) is 4.88 Å². The van der Waals surface area contributed by atoms with Crippen LogP contribution in [0.4, 0.5) is 0 Å². The average molecular weight is 429 g/mol. The number of carbonyl (C=O) groups is 2. The number of esters is 1. The quantitative estimate of drug-likeness (QED) is 0.406. The van der Waals surface area contributed by atoms with Crippen molar-refractivity contribution in [1.29, 1.82) is 0 Å². The summed E-state index contributed by atoms with van der Waals surface area (Å²) < 4.78 is 21.4. The van der Waals surface area contributed by atoms with Crippen molar-refractivity contribution in [2.75, 3.05) is 13.7 Å². The molecule has 0 aliphatic carbocycles. The molecular formula is C20H19N3O6S. The molecule has 1 atom stereocenters. The smallest absolute Gasteiger partial charge is 0.331 e. The number of amides is 1. The van der Waals surface area contributed by atoms with Crippen LogP contribution in [0.25, 0.3) is 16.8 Å². The molecule has 0 saturated heterocycles. The van der Waals surface area contributed by atoms with E-state index in [9.17, 15) is 9.59 Å². The summed E-state index contributed by atoms with van der Waals surface area (Å²) >= 11 is 1.47. The van der Waals surface area contributed by atoms with Gasteiger partial charge in [0.2, 0.25) is 0 Å². The van der Waals surface area contributed by atoms with E-state index >= 15 is 0 Å². The lowest BCUT2D eigenvalue weighted by Crippen LogP contribution is -2.20. The minimum atomic E-state index is -0.706. The molecule has 9 nitrogen and oxygen atoms in total. The first kappa shape index (κ1) is 21.1. The predicted molar refractivity (Wildman–Crippen MR) is 109 cm³/mol. The number of methoxy groups -OCH3 is 1. The summed E-state index contributed by atoms with van der Waals surface area (Å²) in [6, 6.07) is 8.69. The maximum Gasteiger partial charge on any atom is 0.331 e. The Morgan fingerprint density at radius 3 is 2.80 bits per heavy atom. The first-order valence-electron chi connectivity index (χ1n) is 8.81. The number of hydrogen-bond donors (Lipinski definition) is 1. The zero-order chi connectivity index (χ0) is 21.5. The molecule has 2 N–H and O–H groups in total. The maximum absolute atomic E-state index is 12.1. The molecule has 3 aromatic rings. The molecule has 3 rings (SSSR count). The molecule has 0 aliphatic heterocycles. The van der Waals surface area contributed by atoms with E-state index in [-0.39, 0.29) is 12.5 Å². The number of primary amides is 1. The van der Waals surface area contributed by atoms with Crippen molar-refractivity contribution in [2.24, 2.45) is 5.73 Å². The molecule has 0 aliphatic rings. The van der Waals surface area contributed by atoms with Gasteiger partial charge in [-0.05, 0) is 42.1 Å². The molecule has 30 heavy (non-hydrogen) atoms. The van der Waals surface area contributed by atoms with Gasteiger partial charge in [0, 0.05) is 6.08 Å². The number of aromatic nitrogens is 2. The van der Waals surface area contributed by atoms with Crippen molar-refractivity contribution in [1.82, 2.24) is 10.2 Å². The summed E-state index contributed by atoms with van der Waals surface area (Å²) in [5.74, 6) is 0.171. The van der Waals surface area contributed by atoms with Crippen LogP contribution >= 0.6 is 11.3 Å². The van der Waals surface area contributed by atoms with Crippen LogP contribution in [-0.2, 0) is 14.3 Å². The van der Waals surface area contributed by atoms with Gasteiger partial charge in [0.05, 0.1) is 12.0 Å². The lowest BCUT2D eigenvalue weighted by Gasteiger charge is -2.10. The van der Waals surface area contributed by atoms with E-state index < -0.39 is 18.0 Å². The number of benzene rings is 1. The number of nitrogens with zero attached hydrogens (tertiary/aromatic N) is 2. The standard InChI is InChI=1S/C20H19N3O6S/c1-12(19-22-23-20(29-19)16-4-3-9-30-16)28-18(25)8-6-13-5-7-14(15(10-13)26-2)27-11-17(21)24/h3-10,12H,11H2,1-2H3,(H2,21,24)/b8-6+. The summed E-state index contributed by atoms with van der Waals surface area (Å²) in [7, 11) is 1.46. The number of thiophene rings is 1. The second kappa shape index (κ2) is 9.70. The highest BCUT2D eigenvalue weighted by atomic mass is 32.1. The number of ether oxygens (including phenoxy) is 3. The SMILES string of the molecule is COc1cc(/C=C/C(=O)OC(C)c2nnc(-c3cccs3)o2)ccc1OCC(N)=O. The van der Waals surface area contributed by atoms with Gasteiger partial charge in [0.15, 0.2) is 24.2 Å². The molecule has 0 bridgehead atoms. The Kier molecular flexibility index (Phi) is 6.81. The summed E-state index contributed by atoms with van der Waals surface area (Å²) in [6.45, 7) is 1.38. The molecule has 0 radical (unpaired) electrons. The Morgan fingerprint density at radius 2 is 2.10 bits per heavy atom. The van der Waals surface area contributed by atoms with Crippen LogP contribution in [0, 0.1) is 0 Å². The predicted octanol–water partition coefficient (Wildman–Crippen LogP) is 2.99. The van der Waals surface area contributed by atoms with Gasteiger partial charge in [0.25, 0.3) is 17.7 Å². The van der Waals surface area contributed by atoms with Crippen molar-refractivity contribution in [3.63, 3.8) is 0 Å². The van der Waals surface area contributed by atoms with Crippen LogP contribution in [0.5, 0.6) is 11.5 Å². The van der Waals surface area contributed by atoms with Crippen LogP contribution in [0.2, 0.25) is 0 Å². The lowest BCUT2D eigenvalue weighted by molar-refractivity contribution is -0.143. The second-order valence-corrected chi connectivity index (χ2v) is 6.95. The lowest BCUT2D eigenvalue weighted by atomic mass is 10.2. The van der Waals surface area contributed by atoms with Crippen LogP contribution < -0.4 is 15.2 Å². The van der Waals surface area contributed by atoms with Crippen molar-refractivity contribution in [3.8, 4) is 22.3 Å². The van der Waals surface area contributed by atoms with Crippen molar-refractivity contribution in [2.45, 2.75) is 13.0 Å². The number of carbonyl (C=O) groups excluding carboxylic acids is 2. The minimum absolute atomic E-state index is 0.206. The highest BCUT2D eigenvalue weighted by molar-refractivity contribution is 7.13. The van der Waals surface area contributed by atoms with Gasteiger partial charge < -0.3 is 24.4 Å². The maximum atomic E-state index is 12.1. The second-order valence-electron chi connectivity index (χ2n) is 6.00. The van der Waals surface area contributed by atoms with Crippen molar-refractivity contribution >= 4 is 29.3 Å². The zero-order valence-corrected chi connectivity index (χ0v) is 17.0. The highest BCUT2D eigenvalue weighted by Crippen LogP contribution is 2.29. The Labute approximate surface area is 176 Å². The normalized spacial score (nSPS) is 11.9. The topological polar surface area (TPSA) is 127 Å². The molecule has 0 fully saturated rings.